The predicted molar refractivity (Wildman–Crippen MR) is 114 cm³/mol. The minimum absolute atomic E-state index is 0.319. The third-order valence-corrected chi connectivity index (χ3v) is 4.82. The van der Waals surface area contributed by atoms with Crippen molar-refractivity contribution in [2.45, 2.75) is 59.1 Å². The van der Waals surface area contributed by atoms with Crippen LogP contribution in [0.3, 0.4) is 0 Å². The second-order valence-electron chi connectivity index (χ2n) is 7.33. The summed E-state index contributed by atoms with van der Waals surface area (Å²) < 4.78 is 5.72. The van der Waals surface area contributed by atoms with Crippen molar-refractivity contribution in [1.29, 1.82) is 0 Å². The Balaban J connectivity index is 1.87. The van der Waals surface area contributed by atoms with Gasteiger partial charge in [-0.05, 0) is 31.5 Å². The Hall–Kier alpha value is -2.41. The van der Waals surface area contributed by atoms with Gasteiger partial charge in [0.05, 0.1) is 6.42 Å². The molecule has 160 valence electrons. The molecule has 0 aliphatic carbocycles. The van der Waals surface area contributed by atoms with E-state index in [2.05, 4.69) is 29.2 Å². The molecular weight excluding hydrogens is 368 g/mol. The van der Waals surface area contributed by atoms with E-state index in [4.69, 9.17) is 4.74 Å². The van der Waals surface area contributed by atoms with Gasteiger partial charge in [-0.2, -0.15) is 5.01 Å². The Kier molecular flexibility index (Phi) is 9.64. The number of rotatable bonds is 12. The van der Waals surface area contributed by atoms with Crippen LogP contribution in [0.1, 0.15) is 52.0 Å². The van der Waals surface area contributed by atoms with Crippen molar-refractivity contribution in [2.24, 2.45) is 5.10 Å². The van der Waals surface area contributed by atoms with Crippen molar-refractivity contribution in [1.82, 2.24) is 15.2 Å². The molecule has 1 aliphatic heterocycles. The van der Waals surface area contributed by atoms with Crippen LogP contribution in [0, 0.1) is 0 Å². The molecule has 0 saturated heterocycles. The maximum Gasteiger partial charge on any atom is 0.284 e. The fraction of sp³-hybridized carbons (Fsp3) is 0.591. The van der Waals surface area contributed by atoms with E-state index in [0.717, 1.165) is 55.9 Å². The molecule has 2 amide bonds. The van der Waals surface area contributed by atoms with Gasteiger partial charge in [0.2, 0.25) is 11.8 Å². The molecule has 1 unspecified atom stereocenters. The quantitative estimate of drug-likeness (QED) is 0.583. The Morgan fingerprint density at radius 3 is 2.34 bits per heavy atom. The number of carbonyl (C=O) groups excluding carboxylic acids is 2. The van der Waals surface area contributed by atoms with Crippen molar-refractivity contribution in [3.05, 3.63) is 35.9 Å². The zero-order valence-electron chi connectivity index (χ0n) is 17.9. The van der Waals surface area contributed by atoms with Crippen LogP contribution in [0.15, 0.2) is 35.4 Å². The standard InChI is InChI=1S/C22H34N4O3/c1-4-6-14-25(15-7-5-2)16-13-23-21(28)22-26(18(3)27)24-20(29-22)17-19-11-9-8-10-12-19/h8-12,22H,4-7,13-17H2,1-3H3,(H,23,28). The summed E-state index contributed by atoms with van der Waals surface area (Å²) in [5, 5.41) is 8.25. The summed E-state index contributed by atoms with van der Waals surface area (Å²) in [7, 11) is 0. The van der Waals surface area contributed by atoms with Crippen LogP contribution in [0.25, 0.3) is 0 Å². The highest BCUT2D eigenvalue weighted by Gasteiger charge is 2.36. The first-order chi connectivity index (χ1) is 14.0. The minimum atomic E-state index is -1.04. The van der Waals surface area contributed by atoms with Crippen molar-refractivity contribution >= 4 is 17.7 Å². The number of hydrazone groups is 1. The molecular formula is C22H34N4O3. The first kappa shape index (κ1) is 22.9. The van der Waals surface area contributed by atoms with Gasteiger partial charge in [-0.1, -0.05) is 57.0 Å². The number of hydrogen-bond acceptors (Lipinski definition) is 5. The van der Waals surface area contributed by atoms with Gasteiger partial charge in [0.15, 0.2) is 0 Å². The average molecular weight is 403 g/mol. The van der Waals surface area contributed by atoms with Crippen LogP contribution in [0.4, 0.5) is 0 Å². The highest BCUT2D eigenvalue weighted by atomic mass is 16.5. The van der Waals surface area contributed by atoms with E-state index in [1.54, 1.807) is 0 Å². The molecule has 1 aliphatic rings. The van der Waals surface area contributed by atoms with E-state index in [9.17, 15) is 9.59 Å². The maximum absolute atomic E-state index is 12.6. The zero-order chi connectivity index (χ0) is 21.1. The topological polar surface area (TPSA) is 74.2 Å². The Bertz CT molecular complexity index is 670. The third kappa shape index (κ3) is 7.49. The van der Waals surface area contributed by atoms with Gasteiger partial charge in [0.25, 0.3) is 12.1 Å². The molecule has 29 heavy (non-hydrogen) atoms. The van der Waals surface area contributed by atoms with Gasteiger partial charge in [0, 0.05) is 20.0 Å². The van der Waals surface area contributed by atoms with Crippen molar-refractivity contribution in [3.63, 3.8) is 0 Å². The van der Waals surface area contributed by atoms with E-state index in [0.29, 0.717) is 18.9 Å². The van der Waals surface area contributed by atoms with Crippen LogP contribution in [0.5, 0.6) is 0 Å². The highest BCUT2D eigenvalue weighted by Crippen LogP contribution is 2.16. The molecule has 1 N–H and O–H groups in total. The second kappa shape index (κ2) is 12.2. The number of ether oxygens (including phenoxy) is 1. The van der Waals surface area contributed by atoms with Gasteiger partial charge in [-0.25, -0.2) is 0 Å². The molecule has 2 rings (SSSR count). The molecule has 7 nitrogen and oxygen atoms in total. The molecule has 0 bridgehead atoms. The lowest BCUT2D eigenvalue weighted by Gasteiger charge is -2.23. The molecule has 0 saturated carbocycles. The van der Waals surface area contributed by atoms with Gasteiger partial charge in [0.1, 0.15) is 0 Å². The molecule has 1 atom stereocenters. The molecule has 0 aromatic heterocycles. The summed E-state index contributed by atoms with van der Waals surface area (Å²) in [5.74, 6) is -0.280. The van der Waals surface area contributed by atoms with E-state index in [1.165, 1.54) is 6.92 Å². The predicted octanol–water partition coefficient (Wildman–Crippen LogP) is 2.77. The fourth-order valence-electron chi connectivity index (χ4n) is 3.15. The van der Waals surface area contributed by atoms with E-state index < -0.39 is 6.23 Å². The number of nitrogens with one attached hydrogen (secondary N) is 1. The summed E-state index contributed by atoms with van der Waals surface area (Å²) in [4.78, 5) is 27.0. The van der Waals surface area contributed by atoms with Crippen molar-refractivity contribution in [3.8, 4) is 0 Å². The normalized spacial score (nSPS) is 15.9. The Labute approximate surface area is 174 Å². The summed E-state index contributed by atoms with van der Waals surface area (Å²) in [6.07, 6.45) is 4.01. The summed E-state index contributed by atoms with van der Waals surface area (Å²) in [6, 6.07) is 9.71. The molecule has 7 heteroatoms. The van der Waals surface area contributed by atoms with Gasteiger partial charge >= 0.3 is 0 Å². The SMILES string of the molecule is CCCCN(CCCC)CCNC(=O)C1OC(Cc2ccccc2)=NN1C(C)=O. The van der Waals surface area contributed by atoms with Crippen LogP contribution in [-0.4, -0.2) is 60.0 Å². The van der Waals surface area contributed by atoms with E-state index >= 15 is 0 Å². The molecule has 0 spiro atoms. The minimum Gasteiger partial charge on any atom is -0.444 e. The summed E-state index contributed by atoms with van der Waals surface area (Å²) >= 11 is 0. The molecule has 1 aromatic rings. The monoisotopic (exact) mass is 402 g/mol. The lowest BCUT2D eigenvalue weighted by atomic mass is 10.1. The number of unbranched alkanes of at least 4 members (excludes halogenated alkanes) is 2. The summed E-state index contributed by atoms with van der Waals surface area (Å²) in [5.41, 5.74) is 1.01. The summed E-state index contributed by atoms with van der Waals surface area (Å²) in [6.45, 7) is 9.13. The number of hydrogen-bond donors (Lipinski definition) is 1. The lowest BCUT2D eigenvalue weighted by molar-refractivity contribution is -0.146. The first-order valence-electron chi connectivity index (χ1n) is 10.6. The van der Waals surface area contributed by atoms with Crippen molar-refractivity contribution < 1.29 is 14.3 Å². The van der Waals surface area contributed by atoms with Crippen LogP contribution in [0.2, 0.25) is 0 Å². The number of carbonyl (C=O) groups is 2. The number of amides is 2. The van der Waals surface area contributed by atoms with E-state index in [1.807, 2.05) is 30.3 Å². The molecule has 0 radical (unpaired) electrons. The van der Waals surface area contributed by atoms with Crippen LogP contribution in [-0.2, 0) is 20.7 Å². The smallest absolute Gasteiger partial charge is 0.284 e. The highest BCUT2D eigenvalue weighted by molar-refractivity contribution is 5.92. The molecule has 1 aromatic carbocycles. The second-order valence-corrected chi connectivity index (χ2v) is 7.33. The van der Waals surface area contributed by atoms with Crippen LogP contribution < -0.4 is 5.32 Å². The third-order valence-electron chi connectivity index (χ3n) is 4.82. The largest absolute Gasteiger partial charge is 0.444 e. The maximum atomic E-state index is 12.6. The lowest BCUT2D eigenvalue weighted by Crippen LogP contribution is -2.47. The van der Waals surface area contributed by atoms with Crippen LogP contribution >= 0.6 is 0 Å². The Morgan fingerprint density at radius 1 is 1.10 bits per heavy atom. The fourth-order valence-corrected chi connectivity index (χ4v) is 3.15. The molecule has 1 heterocycles. The van der Waals surface area contributed by atoms with Gasteiger partial charge < -0.3 is 15.0 Å². The first-order valence-corrected chi connectivity index (χ1v) is 10.6. The number of nitrogens with zero attached hydrogens (tertiary/aromatic N) is 3. The molecule has 0 fully saturated rings. The van der Waals surface area contributed by atoms with Gasteiger partial charge in [-0.15, -0.1) is 5.10 Å². The zero-order valence-corrected chi connectivity index (χ0v) is 17.9. The Morgan fingerprint density at radius 2 is 1.76 bits per heavy atom. The van der Waals surface area contributed by atoms with E-state index in [-0.39, 0.29) is 11.8 Å². The average Bonchev–Trinajstić information content (AvgIpc) is 3.14. The van der Waals surface area contributed by atoms with Gasteiger partial charge in [-0.3, -0.25) is 9.59 Å². The van der Waals surface area contributed by atoms with Crippen molar-refractivity contribution in [2.75, 3.05) is 26.2 Å². The number of benzene rings is 1.